The van der Waals surface area contributed by atoms with Gasteiger partial charge >= 0.3 is 6.09 Å². The SMILES string of the molecule is CCC(CC)OC(C)(CBr)CN(CC)C(=O)OC(C)(C)C. The molecule has 0 saturated carbocycles. The highest BCUT2D eigenvalue weighted by Gasteiger charge is 2.32. The molecule has 0 heterocycles. The van der Waals surface area contributed by atoms with Crippen molar-refractivity contribution in [3.63, 3.8) is 0 Å². The summed E-state index contributed by atoms with van der Waals surface area (Å²) in [6, 6.07) is 0. The van der Waals surface area contributed by atoms with Crippen molar-refractivity contribution in [3.05, 3.63) is 0 Å². The van der Waals surface area contributed by atoms with Crippen LogP contribution >= 0.6 is 15.9 Å². The summed E-state index contributed by atoms with van der Waals surface area (Å²) in [5.74, 6) is 0. The lowest BCUT2D eigenvalue weighted by Gasteiger charge is -2.37. The topological polar surface area (TPSA) is 38.8 Å². The first-order chi connectivity index (χ1) is 9.60. The molecule has 126 valence electrons. The van der Waals surface area contributed by atoms with E-state index < -0.39 is 11.2 Å². The summed E-state index contributed by atoms with van der Waals surface area (Å²) in [7, 11) is 0. The lowest BCUT2D eigenvalue weighted by molar-refractivity contribution is -0.0857. The molecule has 0 spiro atoms. The second kappa shape index (κ2) is 8.99. The number of ether oxygens (including phenoxy) is 2. The Labute approximate surface area is 138 Å². The normalized spacial score (nSPS) is 14.9. The molecule has 0 aromatic heterocycles. The number of hydrogen-bond donors (Lipinski definition) is 0. The van der Waals surface area contributed by atoms with Crippen LogP contribution in [0, 0.1) is 0 Å². The van der Waals surface area contributed by atoms with Gasteiger partial charge in [0.1, 0.15) is 5.60 Å². The van der Waals surface area contributed by atoms with Crippen LogP contribution in [0.3, 0.4) is 0 Å². The Morgan fingerprint density at radius 1 is 1.14 bits per heavy atom. The Kier molecular flexibility index (Phi) is 8.86. The zero-order valence-electron chi connectivity index (χ0n) is 14.7. The van der Waals surface area contributed by atoms with Crippen LogP contribution in [0.4, 0.5) is 4.79 Å². The van der Waals surface area contributed by atoms with Crippen LogP contribution in [0.25, 0.3) is 0 Å². The van der Waals surface area contributed by atoms with Crippen molar-refractivity contribution in [2.24, 2.45) is 0 Å². The van der Waals surface area contributed by atoms with Gasteiger partial charge in [0.2, 0.25) is 0 Å². The van der Waals surface area contributed by atoms with E-state index in [-0.39, 0.29) is 12.2 Å². The molecule has 1 atom stereocenters. The molecule has 0 aliphatic rings. The fourth-order valence-corrected chi connectivity index (χ4v) is 2.31. The second-order valence-electron chi connectivity index (χ2n) is 6.63. The highest BCUT2D eigenvalue weighted by Crippen LogP contribution is 2.22. The number of carbonyl (C=O) groups is 1. The van der Waals surface area contributed by atoms with E-state index in [0.29, 0.717) is 18.4 Å². The first-order valence-electron chi connectivity index (χ1n) is 7.82. The molecular formula is C16H32BrNO3. The monoisotopic (exact) mass is 365 g/mol. The molecule has 0 radical (unpaired) electrons. The molecule has 0 bridgehead atoms. The van der Waals surface area contributed by atoms with Crippen LogP contribution in [-0.4, -0.2) is 46.7 Å². The summed E-state index contributed by atoms with van der Waals surface area (Å²) in [5, 5.41) is 0.676. The summed E-state index contributed by atoms with van der Waals surface area (Å²) in [5.41, 5.74) is -0.894. The van der Waals surface area contributed by atoms with E-state index in [2.05, 4.69) is 29.8 Å². The number of alkyl halides is 1. The zero-order chi connectivity index (χ0) is 16.7. The molecule has 0 N–H and O–H groups in total. The van der Waals surface area contributed by atoms with Crippen molar-refractivity contribution < 1.29 is 14.3 Å². The maximum absolute atomic E-state index is 12.2. The van der Waals surface area contributed by atoms with Gasteiger partial charge in [0, 0.05) is 11.9 Å². The van der Waals surface area contributed by atoms with E-state index in [9.17, 15) is 4.79 Å². The van der Waals surface area contributed by atoms with Gasteiger partial charge in [-0.3, -0.25) is 0 Å². The van der Waals surface area contributed by atoms with Gasteiger partial charge in [-0.25, -0.2) is 4.79 Å². The Hall–Kier alpha value is -0.290. The van der Waals surface area contributed by atoms with Gasteiger partial charge < -0.3 is 14.4 Å². The minimum atomic E-state index is -0.481. The van der Waals surface area contributed by atoms with Gasteiger partial charge in [0.05, 0.1) is 18.2 Å². The lowest BCUT2D eigenvalue weighted by Crippen LogP contribution is -2.49. The number of likely N-dealkylation sites (N-methyl/N-ethyl adjacent to an activating group) is 1. The van der Waals surface area contributed by atoms with E-state index in [1.54, 1.807) is 4.90 Å². The van der Waals surface area contributed by atoms with Gasteiger partial charge in [-0.05, 0) is 47.5 Å². The highest BCUT2D eigenvalue weighted by atomic mass is 79.9. The fourth-order valence-electron chi connectivity index (χ4n) is 2.00. The molecule has 0 saturated heterocycles. The Balaban J connectivity index is 4.85. The number of amides is 1. The summed E-state index contributed by atoms with van der Waals surface area (Å²) >= 11 is 3.52. The molecule has 5 heteroatoms. The van der Waals surface area contributed by atoms with Crippen molar-refractivity contribution in [2.45, 2.75) is 78.6 Å². The maximum Gasteiger partial charge on any atom is 0.410 e. The lowest BCUT2D eigenvalue weighted by atomic mass is 10.1. The van der Waals surface area contributed by atoms with E-state index in [0.717, 1.165) is 12.8 Å². The van der Waals surface area contributed by atoms with Crippen molar-refractivity contribution in [1.29, 1.82) is 0 Å². The number of halogens is 1. The summed E-state index contributed by atoms with van der Waals surface area (Å²) < 4.78 is 11.7. The standard InChI is InChI=1S/C16H32BrNO3/c1-8-13(9-2)20-16(7,11-17)12-18(10-3)14(19)21-15(4,5)6/h13H,8-12H2,1-7H3. The van der Waals surface area contributed by atoms with Crippen molar-refractivity contribution in [1.82, 2.24) is 4.90 Å². The highest BCUT2D eigenvalue weighted by molar-refractivity contribution is 9.09. The fraction of sp³-hybridized carbons (Fsp3) is 0.938. The van der Waals surface area contributed by atoms with Crippen molar-refractivity contribution in [2.75, 3.05) is 18.4 Å². The summed E-state index contributed by atoms with van der Waals surface area (Å²) in [4.78, 5) is 13.9. The van der Waals surface area contributed by atoms with E-state index >= 15 is 0 Å². The number of carbonyl (C=O) groups excluding carboxylic acids is 1. The minimum absolute atomic E-state index is 0.213. The molecular weight excluding hydrogens is 334 g/mol. The van der Waals surface area contributed by atoms with Crippen LogP contribution in [0.2, 0.25) is 0 Å². The number of rotatable bonds is 8. The van der Waals surface area contributed by atoms with Gasteiger partial charge in [0.15, 0.2) is 0 Å². The maximum atomic E-state index is 12.2. The van der Waals surface area contributed by atoms with Gasteiger partial charge in [-0.2, -0.15) is 0 Å². The Bertz CT molecular complexity index is 313. The van der Waals surface area contributed by atoms with Crippen LogP contribution < -0.4 is 0 Å². The quantitative estimate of drug-likeness (QED) is 0.589. The molecule has 0 fully saturated rings. The third-order valence-corrected chi connectivity index (χ3v) is 4.39. The van der Waals surface area contributed by atoms with Gasteiger partial charge in [0.25, 0.3) is 0 Å². The van der Waals surface area contributed by atoms with Crippen LogP contribution in [0.5, 0.6) is 0 Å². The predicted octanol–water partition coefficient (Wildman–Crippen LogP) is 4.60. The van der Waals surface area contributed by atoms with Gasteiger partial charge in [-0.1, -0.05) is 29.8 Å². The molecule has 0 aromatic rings. The van der Waals surface area contributed by atoms with E-state index in [1.807, 2.05) is 34.6 Å². The molecule has 0 aliphatic heterocycles. The first-order valence-corrected chi connectivity index (χ1v) is 8.94. The van der Waals surface area contributed by atoms with Gasteiger partial charge in [-0.15, -0.1) is 0 Å². The van der Waals surface area contributed by atoms with Crippen LogP contribution in [0.1, 0.15) is 61.3 Å². The van der Waals surface area contributed by atoms with Crippen LogP contribution in [-0.2, 0) is 9.47 Å². The second-order valence-corrected chi connectivity index (χ2v) is 7.20. The predicted molar refractivity (Wildman–Crippen MR) is 91.1 cm³/mol. The molecule has 0 rings (SSSR count). The summed E-state index contributed by atoms with van der Waals surface area (Å²) in [6.07, 6.45) is 1.87. The molecule has 1 unspecified atom stereocenters. The van der Waals surface area contributed by atoms with Crippen LogP contribution in [0.15, 0.2) is 0 Å². The van der Waals surface area contributed by atoms with E-state index in [4.69, 9.17) is 9.47 Å². The Morgan fingerprint density at radius 2 is 1.67 bits per heavy atom. The third kappa shape index (κ3) is 8.05. The smallest absolute Gasteiger partial charge is 0.410 e. The molecule has 21 heavy (non-hydrogen) atoms. The van der Waals surface area contributed by atoms with E-state index in [1.165, 1.54) is 0 Å². The Morgan fingerprint density at radius 3 is 2.00 bits per heavy atom. The molecule has 4 nitrogen and oxygen atoms in total. The summed E-state index contributed by atoms with van der Waals surface area (Å²) in [6.45, 7) is 15.0. The molecule has 1 amide bonds. The number of hydrogen-bond acceptors (Lipinski definition) is 3. The minimum Gasteiger partial charge on any atom is -0.444 e. The largest absolute Gasteiger partial charge is 0.444 e. The molecule has 0 aliphatic carbocycles. The van der Waals surface area contributed by atoms with Crippen molar-refractivity contribution >= 4 is 22.0 Å². The third-order valence-electron chi connectivity index (χ3n) is 3.20. The average Bonchev–Trinajstić information content (AvgIpc) is 2.40. The average molecular weight is 366 g/mol. The zero-order valence-corrected chi connectivity index (χ0v) is 16.2. The molecule has 0 aromatic carbocycles. The first kappa shape index (κ1) is 20.7. The van der Waals surface area contributed by atoms with Crippen molar-refractivity contribution in [3.8, 4) is 0 Å². The number of nitrogens with zero attached hydrogens (tertiary/aromatic N) is 1.